The lowest BCUT2D eigenvalue weighted by Gasteiger charge is -1.99. The zero-order valence-corrected chi connectivity index (χ0v) is 14.3. The molecule has 3 rings (SSSR count). The van der Waals surface area contributed by atoms with Crippen LogP contribution in [0.3, 0.4) is 0 Å². The highest BCUT2D eigenvalue weighted by atomic mass is 79.9. The van der Waals surface area contributed by atoms with Gasteiger partial charge in [-0.2, -0.15) is 0 Å². The van der Waals surface area contributed by atoms with Crippen molar-refractivity contribution in [1.29, 1.82) is 0 Å². The summed E-state index contributed by atoms with van der Waals surface area (Å²) in [5, 5.41) is 7.43. The number of aromatic nitrogens is 3. The number of hydrogen-bond donors (Lipinski definition) is 1. The van der Waals surface area contributed by atoms with Crippen molar-refractivity contribution in [3.8, 4) is 0 Å². The number of carbonyl (C=O) groups is 1. The standard InChI is InChI=1S/C13H11BrN4OS2/c1-2-3-9-11(21-18-17-9)12(19)16-13-15-8-5-4-7(14)6-10(8)20-13/h4-6H,2-3H2,1H3,(H,15,16,19). The van der Waals surface area contributed by atoms with E-state index >= 15 is 0 Å². The van der Waals surface area contributed by atoms with E-state index in [1.165, 1.54) is 11.3 Å². The lowest BCUT2D eigenvalue weighted by molar-refractivity contribution is 0.102. The Hall–Kier alpha value is -1.38. The molecule has 0 fully saturated rings. The number of anilines is 1. The smallest absolute Gasteiger partial charge is 0.271 e. The maximum absolute atomic E-state index is 12.3. The van der Waals surface area contributed by atoms with Crippen LogP contribution >= 0.6 is 38.8 Å². The van der Waals surface area contributed by atoms with Gasteiger partial charge in [0.1, 0.15) is 4.88 Å². The average molecular weight is 383 g/mol. The van der Waals surface area contributed by atoms with E-state index in [1.807, 2.05) is 25.1 Å². The quantitative estimate of drug-likeness (QED) is 0.736. The first-order valence-corrected chi connectivity index (χ1v) is 8.74. The van der Waals surface area contributed by atoms with Gasteiger partial charge in [0.05, 0.1) is 15.9 Å². The van der Waals surface area contributed by atoms with Crippen molar-refractivity contribution < 1.29 is 4.79 Å². The predicted octanol–water partition coefficient (Wildman–Crippen LogP) is 4.12. The van der Waals surface area contributed by atoms with Crippen LogP contribution in [0.2, 0.25) is 0 Å². The van der Waals surface area contributed by atoms with Crippen LogP contribution in [0.4, 0.5) is 5.13 Å². The highest BCUT2D eigenvalue weighted by Crippen LogP contribution is 2.29. The van der Waals surface area contributed by atoms with E-state index in [0.717, 1.165) is 44.8 Å². The number of rotatable bonds is 4. The zero-order chi connectivity index (χ0) is 14.8. The van der Waals surface area contributed by atoms with E-state index in [0.29, 0.717) is 10.0 Å². The first kappa shape index (κ1) is 14.6. The molecule has 1 N–H and O–H groups in total. The lowest BCUT2D eigenvalue weighted by Crippen LogP contribution is -2.12. The molecule has 0 unspecified atom stereocenters. The van der Waals surface area contributed by atoms with Gasteiger partial charge in [-0.15, -0.1) is 5.10 Å². The molecule has 1 aromatic carbocycles. The molecule has 5 nitrogen and oxygen atoms in total. The lowest BCUT2D eigenvalue weighted by atomic mass is 10.2. The monoisotopic (exact) mass is 382 g/mol. The topological polar surface area (TPSA) is 67.8 Å². The highest BCUT2D eigenvalue weighted by Gasteiger charge is 2.17. The molecule has 21 heavy (non-hydrogen) atoms. The molecule has 108 valence electrons. The minimum Gasteiger partial charge on any atom is -0.297 e. The number of nitrogens with one attached hydrogen (secondary N) is 1. The second kappa shape index (κ2) is 6.17. The molecular weight excluding hydrogens is 372 g/mol. The summed E-state index contributed by atoms with van der Waals surface area (Å²) < 4.78 is 5.88. The molecular formula is C13H11BrN4OS2. The summed E-state index contributed by atoms with van der Waals surface area (Å²) in [5.74, 6) is -0.188. The van der Waals surface area contributed by atoms with Gasteiger partial charge < -0.3 is 0 Å². The van der Waals surface area contributed by atoms with E-state index in [4.69, 9.17) is 0 Å². The first-order chi connectivity index (χ1) is 10.2. The second-order valence-corrected chi connectivity index (χ2v) is 7.08. The second-order valence-electron chi connectivity index (χ2n) is 4.38. The van der Waals surface area contributed by atoms with Crippen molar-refractivity contribution in [3.05, 3.63) is 33.2 Å². The van der Waals surface area contributed by atoms with Crippen molar-refractivity contribution in [1.82, 2.24) is 14.6 Å². The molecule has 0 aliphatic heterocycles. The predicted molar refractivity (Wildman–Crippen MR) is 89.2 cm³/mol. The summed E-state index contributed by atoms with van der Waals surface area (Å²) in [7, 11) is 0. The first-order valence-electron chi connectivity index (χ1n) is 6.36. The maximum atomic E-state index is 12.3. The number of benzene rings is 1. The fourth-order valence-corrected chi connectivity index (χ4v) is 3.90. The van der Waals surface area contributed by atoms with Crippen LogP contribution in [0.15, 0.2) is 22.7 Å². The molecule has 3 aromatic rings. The molecule has 8 heteroatoms. The Balaban J connectivity index is 1.84. The fourth-order valence-electron chi connectivity index (χ4n) is 1.89. The third kappa shape index (κ3) is 3.12. The van der Waals surface area contributed by atoms with Gasteiger partial charge >= 0.3 is 0 Å². The summed E-state index contributed by atoms with van der Waals surface area (Å²) in [4.78, 5) is 17.3. The van der Waals surface area contributed by atoms with E-state index in [1.54, 1.807) is 0 Å². The molecule has 2 aromatic heterocycles. The van der Waals surface area contributed by atoms with Gasteiger partial charge in [0.2, 0.25) is 0 Å². The Morgan fingerprint density at radius 3 is 3.10 bits per heavy atom. The molecule has 0 bridgehead atoms. The number of nitrogens with zero attached hydrogens (tertiary/aromatic N) is 3. The van der Waals surface area contributed by atoms with Crippen LogP contribution in [0.25, 0.3) is 10.2 Å². The van der Waals surface area contributed by atoms with Crippen molar-refractivity contribution >= 4 is 60.1 Å². The number of thiazole rings is 1. The van der Waals surface area contributed by atoms with Crippen molar-refractivity contribution in [2.75, 3.05) is 5.32 Å². The van der Waals surface area contributed by atoms with Gasteiger partial charge in [-0.25, -0.2) is 4.98 Å². The summed E-state index contributed by atoms with van der Waals surface area (Å²) in [5.41, 5.74) is 1.62. The van der Waals surface area contributed by atoms with Gasteiger partial charge in [0, 0.05) is 4.47 Å². The highest BCUT2D eigenvalue weighted by molar-refractivity contribution is 9.10. The van der Waals surface area contributed by atoms with Gasteiger partial charge in [0.25, 0.3) is 5.91 Å². The number of carbonyl (C=O) groups excluding carboxylic acids is 1. The summed E-state index contributed by atoms with van der Waals surface area (Å²) in [6, 6.07) is 5.84. The number of halogens is 1. The molecule has 1 amide bonds. The minimum atomic E-state index is -0.188. The number of aryl methyl sites for hydroxylation is 1. The molecule has 0 saturated heterocycles. The molecule has 0 radical (unpaired) electrons. The van der Waals surface area contributed by atoms with E-state index < -0.39 is 0 Å². The van der Waals surface area contributed by atoms with Crippen molar-refractivity contribution in [2.45, 2.75) is 19.8 Å². The van der Waals surface area contributed by atoms with Crippen LogP contribution in [0.1, 0.15) is 28.7 Å². The van der Waals surface area contributed by atoms with Gasteiger partial charge in [-0.1, -0.05) is 45.1 Å². The maximum Gasteiger partial charge on any atom is 0.271 e. The zero-order valence-electron chi connectivity index (χ0n) is 11.1. The van der Waals surface area contributed by atoms with E-state index in [9.17, 15) is 4.79 Å². The van der Waals surface area contributed by atoms with Crippen LogP contribution in [0.5, 0.6) is 0 Å². The van der Waals surface area contributed by atoms with Gasteiger partial charge in [-0.05, 0) is 36.2 Å². The van der Waals surface area contributed by atoms with Crippen LogP contribution in [-0.2, 0) is 6.42 Å². The Bertz CT molecular complexity index is 798. The number of fused-ring (bicyclic) bond motifs is 1. The summed E-state index contributed by atoms with van der Waals surface area (Å²) in [6.07, 6.45) is 1.69. The van der Waals surface area contributed by atoms with Crippen molar-refractivity contribution in [3.63, 3.8) is 0 Å². The normalized spacial score (nSPS) is 11.0. The van der Waals surface area contributed by atoms with Crippen LogP contribution in [0, 0.1) is 0 Å². The fraction of sp³-hybridized carbons (Fsp3) is 0.231. The average Bonchev–Trinajstić information content (AvgIpc) is 3.04. The SMILES string of the molecule is CCCc1nnsc1C(=O)Nc1nc2ccc(Br)cc2s1. The molecule has 0 aliphatic rings. The molecule has 0 aliphatic carbocycles. The Morgan fingerprint density at radius 2 is 2.29 bits per heavy atom. The number of amides is 1. The van der Waals surface area contributed by atoms with Gasteiger partial charge in [-0.3, -0.25) is 10.1 Å². The minimum absolute atomic E-state index is 0.188. The Labute approximate surface area is 137 Å². The largest absolute Gasteiger partial charge is 0.297 e. The summed E-state index contributed by atoms with van der Waals surface area (Å²) in [6.45, 7) is 2.05. The summed E-state index contributed by atoms with van der Waals surface area (Å²) >= 11 is 6.00. The van der Waals surface area contributed by atoms with E-state index in [-0.39, 0.29) is 5.91 Å². The third-order valence-corrected chi connectivity index (χ3v) is 5.01. The molecule has 0 spiro atoms. The Kier molecular flexibility index (Phi) is 4.27. The number of hydrogen-bond acceptors (Lipinski definition) is 6. The molecule has 0 atom stereocenters. The van der Waals surface area contributed by atoms with Crippen molar-refractivity contribution in [2.24, 2.45) is 0 Å². The van der Waals surface area contributed by atoms with Gasteiger partial charge in [0.15, 0.2) is 5.13 Å². The van der Waals surface area contributed by atoms with Crippen LogP contribution < -0.4 is 5.32 Å². The van der Waals surface area contributed by atoms with Crippen LogP contribution in [-0.4, -0.2) is 20.5 Å². The third-order valence-electron chi connectivity index (χ3n) is 2.82. The Morgan fingerprint density at radius 1 is 1.43 bits per heavy atom. The molecule has 0 saturated carbocycles. The van der Waals surface area contributed by atoms with E-state index in [2.05, 4.69) is 35.8 Å². The molecule has 2 heterocycles.